The molecule has 6 heteroatoms. The van der Waals surface area contributed by atoms with Crippen molar-refractivity contribution in [2.24, 2.45) is 0 Å². The first-order valence-electron chi connectivity index (χ1n) is 51.0. The van der Waals surface area contributed by atoms with E-state index in [-0.39, 0.29) is 16.2 Å². The van der Waals surface area contributed by atoms with Crippen molar-refractivity contribution in [2.45, 2.75) is 57.8 Å². The number of fused-ring (bicyclic) bond motifs is 21. The molecule has 0 unspecified atom stereocenters. The van der Waals surface area contributed by atoms with Gasteiger partial charge in [-0.1, -0.05) is 424 Å². The molecule has 0 saturated carbocycles. The maximum Gasteiger partial charge on any atom is 0.143 e. The molecule has 0 radical (unpaired) electrons. The van der Waals surface area contributed by atoms with E-state index in [0.717, 1.165) is 150 Å². The molecule has 0 atom stereocenters. The van der Waals surface area contributed by atoms with Crippen molar-refractivity contribution in [1.82, 2.24) is 0 Å². The zero-order valence-corrected chi connectivity index (χ0v) is 82.5. The number of hydrogen-bond acceptors (Lipinski definition) is 6. The first-order valence-corrected chi connectivity index (χ1v) is 51.0. The number of benzene rings is 23. The predicted octanol–water partition coefficient (Wildman–Crippen LogP) is 39.9. The predicted molar refractivity (Wildman–Crippen MR) is 618 cm³/mol. The number of nitrogens with zero attached hydrogens (tertiary/aromatic N) is 3. The van der Waals surface area contributed by atoms with Crippen molar-refractivity contribution in [3.05, 3.63) is 537 Å². The van der Waals surface area contributed by atoms with Gasteiger partial charge in [-0.25, -0.2) is 0 Å². The highest BCUT2D eigenvalue weighted by molar-refractivity contribution is 6.14. The van der Waals surface area contributed by atoms with Crippen LogP contribution in [0, 0.1) is 0 Å². The highest BCUT2D eigenvalue weighted by Gasteiger charge is 2.40. The summed E-state index contributed by atoms with van der Waals surface area (Å²) in [4.78, 5) is 7.21. The number of hydrogen-bond donors (Lipinski definition) is 0. The van der Waals surface area contributed by atoms with Crippen LogP contribution in [0.1, 0.15) is 74.9 Å². The van der Waals surface area contributed by atoms with Gasteiger partial charge in [-0.15, -0.1) is 0 Å². The fourth-order valence-corrected chi connectivity index (χ4v) is 24.0. The molecule has 0 amide bonds. The van der Waals surface area contributed by atoms with Gasteiger partial charge >= 0.3 is 0 Å². The lowest BCUT2D eigenvalue weighted by molar-refractivity contribution is 0.660. The van der Waals surface area contributed by atoms with Gasteiger partial charge in [0, 0.05) is 116 Å². The monoisotopic (exact) mass is 1880 g/mol. The van der Waals surface area contributed by atoms with E-state index in [4.69, 9.17) is 13.3 Å². The number of para-hydroxylation sites is 6. The molecule has 0 N–H and O–H groups in total. The second-order valence-corrected chi connectivity index (χ2v) is 40.8. The highest BCUT2D eigenvalue weighted by atomic mass is 16.3. The normalized spacial score (nSPS) is 13.1. The topological polar surface area (TPSA) is 49.1 Å². The van der Waals surface area contributed by atoms with Gasteiger partial charge in [-0.05, 0) is 254 Å². The number of anilines is 9. The molecule has 147 heavy (non-hydrogen) atoms. The second-order valence-electron chi connectivity index (χ2n) is 40.8. The minimum atomic E-state index is -0.109. The lowest BCUT2D eigenvalue weighted by Crippen LogP contribution is -2.16. The molecule has 6 nitrogen and oxygen atoms in total. The van der Waals surface area contributed by atoms with Crippen LogP contribution in [0.2, 0.25) is 0 Å². The van der Waals surface area contributed by atoms with Crippen LogP contribution < -0.4 is 14.7 Å². The van der Waals surface area contributed by atoms with Gasteiger partial charge in [0.25, 0.3) is 0 Å². The standard InChI is InChI=1S/2C49H35NO.C43H31NO/c1-49(2)45-19-7-5-14-41(45)42-30-29-37(31-46(42)49)50(35-25-21-33(22-26-35)39-16-9-12-32-11-3-4-13-38(32)39)36-27-23-34(24-28-36)40-17-10-18-44-43-15-6-8-20-47(43)51-48(40)44;1-49(2)44-21-10-8-16-39(44)40-28-27-35(31-45(40)49)50(46-30-29-36(32-13-4-3-5-14-32)38-15-6-7-17-41(38)46)34-25-23-33(24-26-34)37-19-12-20-43-42-18-9-11-22-47(42)51-48(37)43;1-43(2)39-16-7-5-12-35(39)36-25-24-33(27-40(36)43)44(32-23-18-28-10-3-4-11-30(28)26-32)31-21-19-29(20-22-31)34-14-9-15-38-37-13-6-8-17-41(37)45-42(34)38/h2*3-31H,1-2H3;3-27H,1-2H3. The Morgan fingerprint density at radius 3 is 0.857 bits per heavy atom. The molecule has 3 aliphatic carbocycles. The van der Waals surface area contributed by atoms with E-state index in [9.17, 15) is 0 Å². The third-order valence-electron chi connectivity index (χ3n) is 31.4. The van der Waals surface area contributed by atoms with Crippen molar-refractivity contribution < 1.29 is 13.3 Å². The molecule has 0 aliphatic heterocycles. The van der Waals surface area contributed by atoms with Crippen molar-refractivity contribution in [1.29, 1.82) is 0 Å². The van der Waals surface area contributed by atoms with E-state index < -0.39 is 0 Å². The third kappa shape index (κ3) is 14.7. The summed E-state index contributed by atoms with van der Waals surface area (Å²) in [5, 5.41) is 14.3. The summed E-state index contributed by atoms with van der Waals surface area (Å²) in [6.45, 7) is 14.1. The van der Waals surface area contributed by atoms with Gasteiger partial charge in [0.2, 0.25) is 0 Å². The second kappa shape index (κ2) is 35.1. The Hall–Kier alpha value is -18.4. The molecule has 0 saturated heterocycles. The van der Waals surface area contributed by atoms with Crippen molar-refractivity contribution >= 4 is 149 Å². The zero-order valence-electron chi connectivity index (χ0n) is 82.5. The van der Waals surface area contributed by atoms with Crippen LogP contribution in [-0.4, -0.2) is 0 Å². The third-order valence-corrected chi connectivity index (χ3v) is 31.4. The zero-order chi connectivity index (χ0) is 98.3. The molecule has 3 aliphatic rings. The molecule has 0 bridgehead atoms. The van der Waals surface area contributed by atoms with E-state index in [1.54, 1.807) is 0 Å². The summed E-state index contributed by atoms with van der Waals surface area (Å²) in [5.74, 6) is 0. The van der Waals surface area contributed by atoms with Gasteiger partial charge in [0.1, 0.15) is 33.5 Å². The molecule has 3 heterocycles. The smallest absolute Gasteiger partial charge is 0.143 e. The first-order chi connectivity index (χ1) is 72.2. The van der Waals surface area contributed by atoms with Gasteiger partial charge in [-0.3, -0.25) is 0 Å². The summed E-state index contributed by atoms with van der Waals surface area (Å²) in [6.07, 6.45) is 0. The molecular weight excluding hydrogens is 1780 g/mol. The average molecular weight is 1890 g/mol. The minimum Gasteiger partial charge on any atom is -0.455 e. The highest BCUT2D eigenvalue weighted by Crippen LogP contribution is 2.57. The maximum atomic E-state index is 6.43. The summed E-state index contributed by atoms with van der Waals surface area (Å²) >= 11 is 0. The Balaban J connectivity index is 0.000000109. The number of furan rings is 3. The van der Waals surface area contributed by atoms with Crippen LogP contribution in [0.25, 0.3) is 187 Å². The van der Waals surface area contributed by atoms with Crippen LogP contribution in [0.4, 0.5) is 51.2 Å². The lowest BCUT2D eigenvalue weighted by Gasteiger charge is -2.29. The van der Waals surface area contributed by atoms with Crippen LogP contribution in [0.5, 0.6) is 0 Å². The first kappa shape index (κ1) is 87.6. The number of rotatable bonds is 14. The van der Waals surface area contributed by atoms with Crippen LogP contribution in [-0.2, 0) is 16.2 Å². The Bertz CT molecular complexity index is 9710. The molecule has 0 fully saturated rings. The molecule has 23 aromatic carbocycles. The van der Waals surface area contributed by atoms with Crippen molar-refractivity contribution in [3.8, 4) is 89.0 Å². The van der Waals surface area contributed by atoms with Crippen molar-refractivity contribution in [2.75, 3.05) is 14.7 Å². The Morgan fingerprint density at radius 2 is 0.415 bits per heavy atom. The van der Waals surface area contributed by atoms with Crippen molar-refractivity contribution in [3.63, 3.8) is 0 Å². The minimum absolute atomic E-state index is 0.0773. The summed E-state index contributed by atoms with van der Waals surface area (Å²) in [6, 6.07) is 182. The molecular formula is C141H101N3O3. The Kier molecular flexibility index (Phi) is 20.9. The fraction of sp³-hybridized carbons (Fsp3) is 0.0638. The lowest BCUT2D eigenvalue weighted by atomic mass is 9.82. The van der Waals surface area contributed by atoms with E-state index >= 15 is 0 Å². The SMILES string of the molecule is CC1(C)c2ccccc2-c2ccc(N(c3ccc(-c4cccc5c4oc4ccccc45)cc3)c3ccc(-c4ccccc4)c4ccccc34)cc21.CC1(C)c2ccccc2-c2ccc(N(c3ccc(-c4cccc5c4oc4ccccc45)cc3)c3ccc4ccccc4c3)cc21.CC1(C)c2ccccc2-c2ccc(N(c3ccc(-c4cccc5ccccc45)cc3)c3ccc(-c4cccc5c4oc4ccccc45)cc3)cc21. The fourth-order valence-electron chi connectivity index (χ4n) is 24.0. The maximum absolute atomic E-state index is 6.43. The Morgan fingerprint density at radius 1 is 0.150 bits per heavy atom. The van der Waals surface area contributed by atoms with E-state index in [0.29, 0.717) is 0 Å². The summed E-state index contributed by atoms with van der Waals surface area (Å²) < 4.78 is 19.2. The largest absolute Gasteiger partial charge is 0.455 e. The van der Waals surface area contributed by atoms with Gasteiger partial charge in [0.15, 0.2) is 0 Å². The van der Waals surface area contributed by atoms with E-state index in [1.807, 2.05) is 36.4 Å². The van der Waals surface area contributed by atoms with Crippen LogP contribution in [0.3, 0.4) is 0 Å². The van der Waals surface area contributed by atoms with Gasteiger partial charge in [-0.2, -0.15) is 0 Å². The summed E-state index contributed by atoms with van der Waals surface area (Å²) in [7, 11) is 0. The average Bonchev–Trinajstić information content (AvgIpc) is 1.58. The Labute approximate surface area is 854 Å². The molecule has 0 spiro atoms. The van der Waals surface area contributed by atoms with Crippen LogP contribution >= 0.6 is 0 Å². The van der Waals surface area contributed by atoms with Gasteiger partial charge < -0.3 is 28.0 Å². The van der Waals surface area contributed by atoms with Crippen LogP contribution in [0.15, 0.2) is 517 Å². The van der Waals surface area contributed by atoms with E-state index in [1.165, 1.54) is 121 Å². The quantitative estimate of drug-likeness (QED) is 0.108. The van der Waals surface area contributed by atoms with Gasteiger partial charge in [0.05, 0.1) is 5.69 Å². The molecule has 29 rings (SSSR count). The van der Waals surface area contributed by atoms with E-state index in [2.05, 4.69) is 523 Å². The molecule has 26 aromatic rings. The molecule has 3 aromatic heterocycles. The summed E-state index contributed by atoms with van der Waals surface area (Å²) in [5.41, 5.74) is 43.1. The molecule has 698 valence electrons.